The Morgan fingerprint density at radius 2 is 2.20 bits per heavy atom. The molecular weight excluding hydrogens is 285 g/mol. The standard InChI is InChI=1S/C13H16FNO4S/c1-15(7-9-5-6-20(18,19)8-9)13(17)12-10(14)3-2-4-11(12)16/h2-4,9,16H,5-8H2,1H3. The molecule has 1 aliphatic rings. The number of carbonyl (C=O) groups excluding carboxylic acids is 1. The second kappa shape index (κ2) is 5.40. The molecule has 0 aromatic heterocycles. The van der Waals surface area contributed by atoms with Gasteiger partial charge in [0.15, 0.2) is 9.84 Å². The highest BCUT2D eigenvalue weighted by Gasteiger charge is 2.30. The van der Waals surface area contributed by atoms with Crippen LogP contribution in [0, 0.1) is 11.7 Å². The number of carbonyl (C=O) groups is 1. The molecule has 1 unspecified atom stereocenters. The van der Waals surface area contributed by atoms with Crippen molar-refractivity contribution in [3.8, 4) is 5.75 Å². The Hall–Kier alpha value is -1.63. The molecule has 2 rings (SSSR count). The first-order valence-electron chi connectivity index (χ1n) is 6.23. The van der Waals surface area contributed by atoms with Crippen LogP contribution in [0.2, 0.25) is 0 Å². The number of nitrogens with zero attached hydrogens (tertiary/aromatic N) is 1. The summed E-state index contributed by atoms with van der Waals surface area (Å²) in [5, 5.41) is 9.57. The molecule has 1 N–H and O–H groups in total. The van der Waals surface area contributed by atoms with Crippen molar-refractivity contribution in [3.63, 3.8) is 0 Å². The van der Waals surface area contributed by atoms with Crippen molar-refractivity contribution >= 4 is 15.7 Å². The summed E-state index contributed by atoms with van der Waals surface area (Å²) in [6, 6.07) is 3.65. The average molecular weight is 301 g/mol. The summed E-state index contributed by atoms with van der Waals surface area (Å²) >= 11 is 0. The third kappa shape index (κ3) is 3.09. The second-order valence-corrected chi connectivity index (χ2v) is 7.32. The monoisotopic (exact) mass is 301 g/mol. The zero-order valence-electron chi connectivity index (χ0n) is 11.0. The van der Waals surface area contributed by atoms with Gasteiger partial charge in [-0.15, -0.1) is 0 Å². The van der Waals surface area contributed by atoms with Gasteiger partial charge in [-0.3, -0.25) is 4.79 Å². The van der Waals surface area contributed by atoms with Gasteiger partial charge in [0.05, 0.1) is 11.5 Å². The molecule has 110 valence electrons. The van der Waals surface area contributed by atoms with E-state index in [2.05, 4.69) is 0 Å². The second-order valence-electron chi connectivity index (χ2n) is 5.09. The zero-order valence-corrected chi connectivity index (χ0v) is 11.9. The van der Waals surface area contributed by atoms with Crippen molar-refractivity contribution in [2.75, 3.05) is 25.1 Å². The molecule has 1 atom stereocenters. The lowest BCUT2D eigenvalue weighted by Gasteiger charge is -2.21. The van der Waals surface area contributed by atoms with Crippen molar-refractivity contribution in [3.05, 3.63) is 29.6 Å². The fourth-order valence-electron chi connectivity index (χ4n) is 2.40. The summed E-state index contributed by atoms with van der Waals surface area (Å²) < 4.78 is 36.3. The number of halogens is 1. The van der Waals surface area contributed by atoms with Crippen LogP contribution >= 0.6 is 0 Å². The van der Waals surface area contributed by atoms with Gasteiger partial charge in [-0.1, -0.05) is 6.07 Å². The van der Waals surface area contributed by atoms with Crippen LogP contribution in [0.4, 0.5) is 4.39 Å². The smallest absolute Gasteiger partial charge is 0.260 e. The number of hydrogen-bond donors (Lipinski definition) is 1. The van der Waals surface area contributed by atoms with E-state index in [4.69, 9.17) is 0 Å². The van der Waals surface area contributed by atoms with Crippen LogP contribution in [-0.4, -0.2) is 49.4 Å². The highest BCUT2D eigenvalue weighted by atomic mass is 32.2. The van der Waals surface area contributed by atoms with Crippen LogP contribution in [0.3, 0.4) is 0 Å². The fraction of sp³-hybridized carbons (Fsp3) is 0.462. The number of benzene rings is 1. The van der Waals surface area contributed by atoms with Crippen molar-refractivity contribution in [1.29, 1.82) is 0 Å². The predicted octanol–water partition coefficient (Wildman–Crippen LogP) is 1.04. The Balaban J connectivity index is 2.10. The van der Waals surface area contributed by atoms with E-state index in [0.29, 0.717) is 6.42 Å². The van der Waals surface area contributed by atoms with E-state index in [1.807, 2.05) is 0 Å². The van der Waals surface area contributed by atoms with Crippen molar-refractivity contribution < 1.29 is 22.7 Å². The van der Waals surface area contributed by atoms with Crippen LogP contribution in [-0.2, 0) is 9.84 Å². The lowest BCUT2D eigenvalue weighted by molar-refractivity contribution is 0.0769. The lowest BCUT2D eigenvalue weighted by Crippen LogP contribution is -2.32. The fourth-order valence-corrected chi connectivity index (χ4v) is 4.25. The minimum Gasteiger partial charge on any atom is -0.507 e. The summed E-state index contributed by atoms with van der Waals surface area (Å²) in [6.45, 7) is 0.228. The molecule has 1 aromatic carbocycles. The van der Waals surface area contributed by atoms with E-state index in [1.54, 1.807) is 0 Å². The van der Waals surface area contributed by atoms with Crippen molar-refractivity contribution in [2.45, 2.75) is 6.42 Å². The van der Waals surface area contributed by atoms with Gasteiger partial charge in [0.2, 0.25) is 0 Å². The summed E-state index contributed by atoms with van der Waals surface area (Å²) in [6.07, 6.45) is 0.503. The molecule has 1 saturated heterocycles. The summed E-state index contributed by atoms with van der Waals surface area (Å²) in [7, 11) is -1.54. The largest absolute Gasteiger partial charge is 0.507 e. The molecule has 20 heavy (non-hydrogen) atoms. The third-order valence-electron chi connectivity index (χ3n) is 3.41. The number of phenolic OH excluding ortho intramolecular Hbond substituents is 1. The Bertz CT molecular complexity index is 609. The van der Waals surface area contributed by atoms with Gasteiger partial charge in [0, 0.05) is 13.6 Å². The number of hydrogen-bond acceptors (Lipinski definition) is 4. The van der Waals surface area contributed by atoms with Crippen molar-refractivity contribution in [2.24, 2.45) is 5.92 Å². The molecule has 7 heteroatoms. The minimum atomic E-state index is -3.01. The molecule has 0 saturated carbocycles. The van der Waals surface area contributed by atoms with E-state index in [-0.39, 0.29) is 29.5 Å². The molecule has 0 radical (unpaired) electrons. The van der Waals surface area contributed by atoms with E-state index in [1.165, 1.54) is 24.1 Å². The molecule has 1 fully saturated rings. The van der Waals surface area contributed by atoms with E-state index >= 15 is 0 Å². The maximum Gasteiger partial charge on any atom is 0.260 e. The molecule has 0 aliphatic carbocycles. The first kappa shape index (κ1) is 14.8. The molecule has 1 aliphatic heterocycles. The predicted molar refractivity (Wildman–Crippen MR) is 71.8 cm³/mol. The average Bonchev–Trinajstić information content (AvgIpc) is 2.68. The Labute approximate surface area is 116 Å². The maximum absolute atomic E-state index is 13.6. The summed E-state index contributed by atoms with van der Waals surface area (Å²) in [5.41, 5.74) is -0.379. The normalized spacial score (nSPS) is 20.8. The highest BCUT2D eigenvalue weighted by molar-refractivity contribution is 7.91. The number of aromatic hydroxyl groups is 1. The lowest BCUT2D eigenvalue weighted by atomic mass is 10.1. The van der Waals surface area contributed by atoms with E-state index in [9.17, 15) is 22.7 Å². The van der Waals surface area contributed by atoms with Gasteiger partial charge < -0.3 is 10.0 Å². The summed E-state index contributed by atoms with van der Waals surface area (Å²) in [5.74, 6) is -1.81. The number of rotatable bonds is 3. The van der Waals surface area contributed by atoms with E-state index in [0.717, 1.165) is 6.07 Å². The maximum atomic E-state index is 13.6. The van der Waals surface area contributed by atoms with Gasteiger partial charge in [0.1, 0.15) is 17.1 Å². The molecule has 0 spiro atoms. The minimum absolute atomic E-state index is 0.0495. The van der Waals surface area contributed by atoms with Gasteiger partial charge >= 0.3 is 0 Å². The third-order valence-corrected chi connectivity index (χ3v) is 5.25. The summed E-state index contributed by atoms with van der Waals surface area (Å²) in [4.78, 5) is 13.4. The number of phenols is 1. The first-order valence-corrected chi connectivity index (χ1v) is 8.05. The quantitative estimate of drug-likeness (QED) is 0.905. The number of amides is 1. The van der Waals surface area contributed by atoms with Crippen LogP contribution < -0.4 is 0 Å². The van der Waals surface area contributed by atoms with Crippen LogP contribution in [0.25, 0.3) is 0 Å². The molecule has 1 aromatic rings. The molecule has 1 amide bonds. The van der Waals surface area contributed by atoms with Gasteiger partial charge in [-0.25, -0.2) is 12.8 Å². The van der Waals surface area contributed by atoms with Crippen LogP contribution in [0.5, 0.6) is 5.75 Å². The Kier molecular flexibility index (Phi) is 3.99. The SMILES string of the molecule is CN(CC1CCS(=O)(=O)C1)C(=O)c1c(O)cccc1F. The van der Waals surface area contributed by atoms with Gasteiger partial charge in [0.25, 0.3) is 5.91 Å². The van der Waals surface area contributed by atoms with Crippen LogP contribution in [0.1, 0.15) is 16.8 Å². The van der Waals surface area contributed by atoms with Gasteiger partial charge in [-0.05, 0) is 24.5 Å². The molecule has 5 nitrogen and oxygen atoms in total. The molecular formula is C13H16FNO4S. The van der Waals surface area contributed by atoms with E-state index < -0.39 is 27.3 Å². The molecule has 1 heterocycles. The number of sulfone groups is 1. The van der Waals surface area contributed by atoms with Crippen molar-refractivity contribution in [1.82, 2.24) is 4.90 Å². The highest BCUT2D eigenvalue weighted by Crippen LogP contribution is 2.23. The Morgan fingerprint density at radius 3 is 2.75 bits per heavy atom. The zero-order chi connectivity index (χ0) is 14.9. The Morgan fingerprint density at radius 1 is 1.50 bits per heavy atom. The van der Waals surface area contributed by atoms with Crippen LogP contribution in [0.15, 0.2) is 18.2 Å². The topological polar surface area (TPSA) is 74.7 Å². The molecule has 0 bridgehead atoms. The van der Waals surface area contributed by atoms with Gasteiger partial charge in [-0.2, -0.15) is 0 Å². The first-order chi connectivity index (χ1) is 9.30.